The Hall–Kier alpha value is -3.35. The molecule has 7 nitrogen and oxygen atoms in total. The van der Waals surface area contributed by atoms with Crippen LogP contribution in [0, 0.1) is 0 Å². The predicted molar refractivity (Wildman–Crippen MR) is 120 cm³/mol. The Kier molecular flexibility index (Phi) is 5.43. The minimum absolute atomic E-state index is 0.00878. The molecule has 1 aromatic heterocycles. The van der Waals surface area contributed by atoms with E-state index in [1.807, 2.05) is 67.9 Å². The first-order valence-electron chi connectivity index (χ1n) is 10.6. The number of ether oxygens (including phenoxy) is 1. The number of fused-ring (bicyclic) bond motifs is 1. The van der Waals surface area contributed by atoms with Crippen LogP contribution >= 0.6 is 0 Å². The number of amides is 2. The standard InChI is InChI=1S/C24H28N4O3/c1-24(2,3)31-23(30)27-11-7-10-18(15-27)28-21-13-17(16-8-5-4-6-9-16)12-19(22(25)29)20(21)14-26-28/h4-6,8-9,12-14,18H,7,10-11,15H2,1-3H3,(H2,25,29). The van der Waals surface area contributed by atoms with Gasteiger partial charge < -0.3 is 15.4 Å². The van der Waals surface area contributed by atoms with Gasteiger partial charge >= 0.3 is 6.09 Å². The molecule has 1 saturated heterocycles. The quantitative estimate of drug-likeness (QED) is 0.681. The first-order valence-corrected chi connectivity index (χ1v) is 10.6. The van der Waals surface area contributed by atoms with Crippen LogP contribution in [0.5, 0.6) is 0 Å². The van der Waals surface area contributed by atoms with Gasteiger partial charge in [0, 0.05) is 18.5 Å². The number of primary amides is 1. The van der Waals surface area contributed by atoms with E-state index in [9.17, 15) is 9.59 Å². The second kappa shape index (κ2) is 8.06. The first kappa shape index (κ1) is 20.9. The average molecular weight is 421 g/mol. The van der Waals surface area contributed by atoms with Crippen molar-refractivity contribution < 1.29 is 14.3 Å². The summed E-state index contributed by atoms with van der Waals surface area (Å²) in [5.74, 6) is -0.485. The van der Waals surface area contributed by atoms with Crippen LogP contribution < -0.4 is 5.73 Å². The monoisotopic (exact) mass is 420 g/mol. The summed E-state index contributed by atoms with van der Waals surface area (Å²) in [6.45, 7) is 6.76. The maximum Gasteiger partial charge on any atom is 0.410 e. The van der Waals surface area contributed by atoms with Crippen molar-refractivity contribution in [3.05, 3.63) is 54.2 Å². The second-order valence-corrected chi connectivity index (χ2v) is 9.00. The van der Waals surface area contributed by atoms with Gasteiger partial charge in [-0.25, -0.2) is 4.79 Å². The van der Waals surface area contributed by atoms with E-state index in [0.717, 1.165) is 34.9 Å². The van der Waals surface area contributed by atoms with Crippen LogP contribution in [0.3, 0.4) is 0 Å². The molecule has 31 heavy (non-hydrogen) atoms. The zero-order valence-corrected chi connectivity index (χ0v) is 18.2. The number of aromatic nitrogens is 2. The van der Waals surface area contributed by atoms with Gasteiger partial charge in [-0.3, -0.25) is 9.48 Å². The Labute approximate surface area is 181 Å². The average Bonchev–Trinajstić information content (AvgIpc) is 3.16. The molecule has 1 atom stereocenters. The van der Waals surface area contributed by atoms with E-state index >= 15 is 0 Å². The highest BCUT2D eigenvalue weighted by atomic mass is 16.6. The van der Waals surface area contributed by atoms with Crippen molar-refractivity contribution in [3.8, 4) is 11.1 Å². The number of nitrogens with two attached hydrogens (primary N) is 1. The summed E-state index contributed by atoms with van der Waals surface area (Å²) < 4.78 is 7.48. The number of likely N-dealkylation sites (tertiary alicyclic amines) is 1. The van der Waals surface area contributed by atoms with Gasteiger partial charge in [-0.15, -0.1) is 0 Å². The summed E-state index contributed by atoms with van der Waals surface area (Å²) in [4.78, 5) is 26.5. The number of rotatable bonds is 3. The van der Waals surface area contributed by atoms with E-state index in [1.165, 1.54) is 0 Å². The predicted octanol–water partition coefficient (Wildman–Crippen LogP) is 4.37. The lowest BCUT2D eigenvalue weighted by Crippen LogP contribution is -2.43. The molecule has 2 heterocycles. The van der Waals surface area contributed by atoms with Crippen molar-refractivity contribution >= 4 is 22.9 Å². The Morgan fingerprint density at radius 3 is 2.55 bits per heavy atom. The smallest absolute Gasteiger partial charge is 0.410 e. The molecule has 3 aromatic rings. The number of piperidine rings is 1. The molecular formula is C24H28N4O3. The van der Waals surface area contributed by atoms with Crippen LogP contribution in [-0.2, 0) is 4.74 Å². The maximum atomic E-state index is 12.6. The summed E-state index contributed by atoms with van der Waals surface area (Å²) >= 11 is 0. The lowest BCUT2D eigenvalue weighted by molar-refractivity contribution is 0.0169. The summed E-state index contributed by atoms with van der Waals surface area (Å²) in [5.41, 5.74) is 8.34. The van der Waals surface area contributed by atoms with Gasteiger partial charge in [-0.05, 0) is 56.9 Å². The first-order chi connectivity index (χ1) is 14.7. The molecule has 2 aromatic carbocycles. The van der Waals surface area contributed by atoms with E-state index < -0.39 is 11.5 Å². The third kappa shape index (κ3) is 4.40. The highest BCUT2D eigenvalue weighted by Gasteiger charge is 2.30. The number of benzene rings is 2. The van der Waals surface area contributed by atoms with Gasteiger partial charge in [0.2, 0.25) is 5.91 Å². The van der Waals surface area contributed by atoms with Crippen molar-refractivity contribution in [1.82, 2.24) is 14.7 Å². The third-order valence-corrected chi connectivity index (χ3v) is 5.48. The summed E-state index contributed by atoms with van der Waals surface area (Å²) in [5, 5.41) is 5.32. The molecule has 1 aliphatic heterocycles. The zero-order valence-electron chi connectivity index (χ0n) is 18.2. The minimum atomic E-state index is -0.538. The fourth-order valence-electron chi connectivity index (χ4n) is 4.08. The lowest BCUT2D eigenvalue weighted by atomic mass is 9.99. The summed E-state index contributed by atoms with van der Waals surface area (Å²) in [6, 6.07) is 13.7. The van der Waals surface area contributed by atoms with E-state index in [-0.39, 0.29) is 12.1 Å². The van der Waals surface area contributed by atoms with Crippen molar-refractivity contribution in [2.24, 2.45) is 5.73 Å². The molecule has 2 amide bonds. The molecule has 2 N–H and O–H groups in total. The molecule has 0 spiro atoms. The number of nitrogens with zero attached hydrogens (tertiary/aromatic N) is 3. The second-order valence-electron chi connectivity index (χ2n) is 9.00. The fourth-order valence-corrected chi connectivity index (χ4v) is 4.08. The number of carbonyl (C=O) groups excluding carboxylic acids is 2. The molecule has 162 valence electrons. The molecule has 0 bridgehead atoms. The molecule has 4 rings (SSSR count). The molecule has 0 aliphatic carbocycles. The Morgan fingerprint density at radius 2 is 1.87 bits per heavy atom. The highest BCUT2D eigenvalue weighted by molar-refractivity contribution is 6.07. The van der Waals surface area contributed by atoms with Gasteiger partial charge in [0.25, 0.3) is 0 Å². The molecule has 1 unspecified atom stereocenters. The van der Waals surface area contributed by atoms with E-state index in [4.69, 9.17) is 10.5 Å². The Bertz CT molecular complexity index is 1120. The van der Waals surface area contributed by atoms with Gasteiger partial charge in [0.1, 0.15) is 5.60 Å². The van der Waals surface area contributed by atoms with Crippen LogP contribution in [0.15, 0.2) is 48.7 Å². The van der Waals surface area contributed by atoms with Crippen LogP contribution in [-0.4, -0.2) is 45.4 Å². The Morgan fingerprint density at radius 1 is 1.13 bits per heavy atom. The molecule has 1 aliphatic rings. The Balaban J connectivity index is 1.72. The van der Waals surface area contributed by atoms with Crippen molar-refractivity contribution in [1.29, 1.82) is 0 Å². The van der Waals surface area contributed by atoms with Crippen LogP contribution in [0.1, 0.15) is 50.0 Å². The van der Waals surface area contributed by atoms with Crippen LogP contribution in [0.4, 0.5) is 4.79 Å². The summed E-state index contributed by atoms with van der Waals surface area (Å²) in [6.07, 6.45) is 3.12. The zero-order chi connectivity index (χ0) is 22.2. The van der Waals surface area contributed by atoms with Gasteiger partial charge in [0.05, 0.1) is 23.3 Å². The van der Waals surface area contributed by atoms with Crippen molar-refractivity contribution in [2.45, 2.75) is 45.3 Å². The van der Waals surface area contributed by atoms with Gasteiger partial charge in [-0.1, -0.05) is 30.3 Å². The van der Waals surface area contributed by atoms with Crippen LogP contribution in [0.25, 0.3) is 22.0 Å². The van der Waals surface area contributed by atoms with Crippen molar-refractivity contribution in [2.75, 3.05) is 13.1 Å². The molecule has 7 heteroatoms. The SMILES string of the molecule is CC(C)(C)OC(=O)N1CCCC(n2ncc3c(C(N)=O)cc(-c4ccccc4)cc32)C1. The molecular weight excluding hydrogens is 392 g/mol. The largest absolute Gasteiger partial charge is 0.444 e. The molecule has 0 radical (unpaired) electrons. The highest BCUT2D eigenvalue weighted by Crippen LogP contribution is 2.31. The van der Waals surface area contributed by atoms with Gasteiger partial charge in [-0.2, -0.15) is 5.10 Å². The number of hydrogen-bond donors (Lipinski definition) is 1. The molecule has 0 saturated carbocycles. The van der Waals surface area contributed by atoms with E-state index in [1.54, 1.807) is 11.1 Å². The third-order valence-electron chi connectivity index (χ3n) is 5.48. The van der Waals surface area contributed by atoms with Gasteiger partial charge in [0.15, 0.2) is 0 Å². The number of hydrogen-bond acceptors (Lipinski definition) is 4. The lowest BCUT2D eigenvalue weighted by Gasteiger charge is -2.34. The molecule has 1 fully saturated rings. The van der Waals surface area contributed by atoms with Crippen molar-refractivity contribution in [3.63, 3.8) is 0 Å². The van der Waals surface area contributed by atoms with E-state index in [2.05, 4.69) is 5.10 Å². The minimum Gasteiger partial charge on any atom is -0.444 e. The normalized spacial score (nSPS) is 17.0. The van der Waals surface area contributed by atoms with E-state index in [0.29, 0.717) is 18.7 Å². The maximum absolute atomic E-state index is 12.6. The topological polar surface area (TPSA) is 90.4 Å². The number of carbonyl (C=O) groups is 2. The van der Waals surface area contributed by atoms with Crippen LogP contribution in [0.2, 0.25) is 0 Å². The fraction of sp³-hybridized carbons (Fsp3) is 0.375. The summed E-state index contributed by atoms with van der Waals surface area (Å²) in [7, 11) is 0.